The predicted octanol–water partition coefficient (Wildman–Crippen LogP) is 4.72. The van der Waals surface area contributed by atoms with Gasteiger partial charge in [-0.1, -0.05) is 41.9 Å². The molecule has 7 nitrogen and oxygen atoms in total. The maximum absolute atomic E-state index is 11.1. The van der Waals surface area contributed by atoms with E-state index in [1.807, 2.05) is 42.5 Å². The summed E-state index contributed by atoms with van der Waals surface area (Å²) in [5, 5.41) is 24.9. The summed E-state index contributed by atoms with van der Waals surface area (Å²) >= 11 is 6.07. The quantitative estimate of drug-likeness (QED) is 0.400. The van der Waals surface area contributed by atoms with E-state index in [1.165, 1.54) is 12.1 Å². The van der Waals surface area contributed by atoms with E-state index in [2.05, 4.69) is 5.32 Å². The van der Waals surface area contributed by atoms with E-state index in [1.54, 1.807) is 19.2 Å². The van der Waals surface area contributed by atoms with Gasteiger partial charge in [-0.2, -0.15) is 0 Å². The Labute approximate surface area is 190 Å². The highest BCUT2D eigenvalue weighted by atomic mass is 35.5. The van der Waals surface area contributed by atoms with E-state index in [0.29, 0.717) is 17.5 Å². The molecule has 0 aliphatic carbocycles. The first-order valence-electron chi connectivity index (χ1n) is 10.1. The molecule has 0 radical (unpaired) electrons. The lowest BCUT2D eigenvalue weighted by Gasteiger charge is -2.20. The van der Waals surface area contributed by atoms with Gasteiger partial charge in [0, 0.05) is 29.8 Å². The molecule has 1 heterocycles. The van der Waals surface area contributed by atoms with Gasteiger partial charge in [-0.25, -0.2) is 0 Å². The topological polar surface area (TPSA) is 97.0 Å². The molecule has 3 aromatic carbocycles. The summed E-state index contributed by atoms with van der Waals surface area (Å²) < 4.78 is 5.26. The lowest BCUT2D eigenvalue weighted by Crippen LogP contribution is -2.25. The van der Waals surface area contributed by atoms with Gasteiger partial charge in [0.25, 0.3) is 5.69 Å². The lowest BCUT2D eigenvalue weighted by molar-refractivity contribution is -0.384. The zero-order valence-corrected chi connectivity index (χ0v) is 18.1. The smallest absolute Gasteiger partial charge is 0.269 e. The number of halogens is 1. The van der Waals surface area contributed by atoms with Gasteiger partial charge in [0.05, 0.1) is 24.2 Å². The summed E-state index contributed by atoms with van der Waals surface area (Å²) in [6.07, 6.45) is 0. The van der Waals surface area contributed by atoms with E-state index in [4.69, 9.17) is 21.3 Å². The minimum atomic E-state index is -0.415. The molecular formula is C24H22ClN3O4. The molecule has 1 aliphatic rings. The number of nitrogens with zero attached hydrogens (tertiary/aromatic N) is 2. The van der Waals surface area contributed by atoms with Gasteiger partial charge < -0.3 is 15.2 Å². The number of ether oxygens (including phenoxy) is 1. The SMILES string of the molecule is COCc1cc(CO)cc(C2=NC(c3ccc(Cl)cc3)C(c3ccc([N+](=O)[O-])cc3)N2)c1. The summed E-state index contributed by atoms with van der Waals surface area (Å²) in [7, 11) is 1.62. The number of hydrogen-bond donors (Lipinski definition) is 2. The molecule has 0 aromatic heterocycles. The molecule has 0 amide bonds. The van der Waals surface area contributed by atoms with Crippen LogP contribution in [-0.4, -0.2) is 23.0 Å². The Bertz CT molecular complexity index is 1150. The Balaban J connectivity index is 1.74. The number of aliphatic imine (C=N–C) groups is 1. The van der Waals surface area contributed by atoms with Crippen molar-refractivity contribution >= 4 is 23.1 Å². The zero-order chi connectivity index (χ0) is 22.7. The number of aliphatic hydroxyl groups is 1. The fourth-order valence-corrected chi connectivity index (χ4v) is 4.00. The fourth-order valence-electron chi connectivity index (χ4n) is 3.87. The third kappa shape index (κ3) is 4.65. The molecule has 0 bridgehead atoms. The number of hydrogen-bond acceptors (Lipinski definition) is 6. The van der Waals surface area contributed by atoms with Gasteiger partial charge in [0.1, 0.15) is 11.9 Å². The van der Waals surface area contributed by atoms with E-state index >= 15 is 0 Å². The Morgan fingerprint density at radius 2 is 1.72 bits per heavy atom. The molecule has 2 N–H and O–H groups in total. The second kappa shape index (κ2) is 9.48. The third-order valence-corrected chi connectivity index (χ3v) is 5.62. The van der Waals surface area contributed by atoms with Crippen molar-refractivity contribution in [2.45, 2.75) is 25.3 Å². The van der Waals surface area contributed by atoms with Gasteiger partial charge in [0.15, 0.2) is 0 Å². The van der Waals surface area contributed by atoms with Crippen molar-refractivity contribution in [1.29, 1.82) is 0 Å². The van der Waals surface area contributed by atoms with Gasteiger partial charge >= 0.3 is 0 Å². The number of nitrogens with one attached hydrogen (secondary N) is 1. The molecular weight excluding hydrogens is 430 g/mol. The number of non-ortho nitro benzene ring substituents is 1. The van der Waals surface area contributed by atoms with E-state index in [9.17, 15) is 15.2 Å². The van der Waals surface area contributed by atoms with Crippen LogP contribution in [0.25, 0.3) is 0 Å². The molecule has 3 aromatic rings. The lowest BCUT2D eigenvalue weighted by atomic mass is 9.94. The average Bonchev–Trinajstić information content (AvgIpc) is 3.25. The Morgan fingerprint density at radius 3 is 2.34 bits per heavy atom. The molecule has 2 atom stereocenters. The van der Waals surface area contributed by atoms with Gasteiger partial charge in [-0.15, -0.1) is 0 Å². The highest BCUT2D eigenvalue weighted by Gasteiger charge is 2.32. The van der Waals surface area contributed by atoms with Crippen LogP contribution >= 0.6 is 11.6 Å². The highest BCUT2D eigenvalue weighted by molar-refractivity contribution is 6.30. The Morgan fingerprint density at radius 1 is 1.06 bits per heavy atom. The number of benzene rings is 3. The predicted molar refractivity (Wildman–Crippen MR) is 123 cm³/mol. The summed E-state index contributed by atoms with van der Waals surface area (Å²) in [6.45, 7) is 0.324. The minimum Gasteiger partial charge on any atom is -0.392 e. The number of amidine groups is 1. The number of methoxy groups -OCH3 is 1. The van der Waals surface area contributed by atoms with E-state index < -0.39 is 4.92 Å². The Hall–Kier alpha value is -3.26. The van der Waals surface area contributed by atoms with Crippen LogP contribution in [0.3, 0.4) is 0 Å². The van der Waals surface area contributed by atoms with Crippen molar-refractivity contribution in [3.8, 4) is 0 Å². The van der Waals surface area contributed by atoms with Crippen molar-refractivity contribution in [3.05, 3.63) is 110 Å². The molecule has 0 saturated heterocycles. The molecule has 1 aliphatic heterocycles. The minimum absolute atomic E-state index is 0.0378. The van der Waals surface area contributed by atoms with Gasteiger partial charge in [-0.3, -0.25) is 15.1 Å². The second-order valence-corrected chi connectivity index (χ2v) is 8.01. The van der Waals surface area contributed by atoms with Crippen molar-refractivity contribution < 1.29 is 14.8 Å². The number of aliphatic hydroxyl groups excluding tert-OH is 1. The van der Waals surface area contributed by atoms with E-state index in [0.717, 1.165) is 27.8 Å². The maximum Gasteiger partial charge on any atom is 0.269 e. The first-order chi connectivity index (χ1) is 15.5. The van der Waals surface area contributed by atoms with Crippen molar-refractivity contribution in [2.75, 3.05) is 7.11 Å². The third-order valence-electron chi connectivity index (χ3n) is 5.37. The number of rotatable bonds is 7. The Kier molecular flexibility index (Phi) is 6.50. The highest BCUT2D eigenvalue weighted by Crippen LogP contribution is 2.38. The molecule has 32 heavy (non-hydrogen) atoms. The van der Waals surface area contributed by atoms with Crippen LogP contribution in [0.5, 0.6) is 0 Å². The first-order valence-corrected chi connectivity index (χ1v) is 10.4. The van der Waals surface area contributed by atoms with Gasteiger partial charge in [-0.05, 0) is 46.5 Å². The van der Waals surface area contributed by atoms with Crippen LogP contribution in [0.15, 0.2) is 71.7 Å². The van der Waals surface area contributed by atoms with Crippen molar-refractivity contribution in [3.63, 3.8) is 0 Å². The molecule has 0 fully saturated rings. The van der Waals surface area contributed by atoms with Crippen LogP contribution in [0, 0.1) is 10.1 Å². The van der Waals surface area contributed by atoms with Gasteiger partial charge in [0.2, 0.25) is 0 Å². The molecule has 0 saturated carbocycles. The summed E-state index contributed by atoms with van der Waals surface area (Å²) in [5.74, 6) is 0.681. The monoisotopic (exact) mass is 451 g/mol. The van der Waals surface area contributed by atoms with Crippen molar-refractivity contribution in [2.24, 2.45) is 4.99 Å². The normalized spacial score (nSPS) is 17.7. The van der Waals surface area contributed by atoms with Crippen LogP contribution in [0.1, 0.15) is 39.9 Å². The molecule has 0 spiro atoms. The van der Waals surface area contributed by atoms with E-state index in [-0.39, 0.29) is 24.4 Å². The summed E-state index contributed by atoms with van der Waals surface area (Å²) in [6, 6.07) is 19.3. The summed E-state index contributed by atoms with van der Waals surface area (Å²) in [5.41, 5.74) is 4.42. The fraction of sp³-hybridized carbons (Fsp3) is 0.208. The maximum atomic E-state index is 11.1. The van der Waals surface area contributed by atoms with Crippen LogP contribution in [0.2, 0.25) is 5.02 Å². The van der Waals surface area contributed by atoms with Crippen LogP contribution in [-0.2, 0) is 18.0 Å². The molecule has 8 heteroatoms. The number of nitro groups is 1. The zero-order valence-electron chi connectivity index (χ0n) is 17.4. The largest absolute Gasteiger partial charge is 0.392 e. The van der Waals surface area contributed by atoms with Crippen LogP contribution < -0.4 is 5.32 Å². The van der Waals surface area contributed by atoms with Crippen molar-refractivity contribution in [1.82, 2.24) is 5.32 Å². The summed E-state index contributed by atoms with van der Waals surface area (Å²) in [4.78, 5) is 15.6. The molecule has 164 valence electrons. The number of nitro benzene ring substituents is 1. The standard InChI is InChI=1S/C24H22ClN3O4/c1-32-14-16-10-15(13-29)11-19(12-16)24-26-22(17-2-6-20(25)7-3-17)23(27-24)18-4-8-21(9-5-18)28(30)31/h2-12,22-23,29H,13-14H2,1H3,(H,26,27). The van der Waals surface area contributed by atoms with Crippen LogP contribution in [0.4, 0.5) is 5.69 Å². The second-order valence-electron chi connectivity index (χ2n) is 7.57. The molecule has 2 unspecified atom stereocenters. The average molecular weight is 452 g/mol. The first kappa shape index (κ1) is 22.0. The molecule has 4 rings (SSSR count).